The summed E-state index contributed by atoms with van der Waals surface area (Å²) in [5, 5.41) is 3.04. The van der Waals surface area contributed by atoms with Gasteiger partial charge in [0.1, 0.15) is 0 Å². The summed E-state index contributed by atoms with van der Waals surface area (Å²) in [6.07, 6.45) is -0.342. The lowest BCUT2D eigenvalue weighted by Gasteiger charge is -2.39. The number of piperazine rings is 1. The average Bonchev–Trinajstić information content (AvgIpc) is 2.51. The topological polar surface area (TPSA) is 45.1 Å². The third-order valence-corrected chi connectivity index (χ3v) is 4.60. The summed E-state index contributed by atoms with van der Waals surface area (Å²) < 4.78 is 5.31. The molecule has 1 atom stereocenters. The smallest absolute Gasteiger partial charge is 0.410 e. The SMILES string of the molecule is Cc1c(CN2CCN(C(=O)OC(C)C)[C@@H](C)C2)cc(Cl)cc1N=C=S. The normalized spacial score (nSPS) is 18.2. The molecule has 1 heterocycles. The molecule has 5 nitrogen and oxygen atoms in total. The lowest BCUT2D eigenvalue weighted by molar-refractivity contribution is 0.0349. The van der Waals surface area contributed by atoms with Gasteiger partial charge < -0.3 is 9.64 Å². The number of isothiocyanates is 1. The first-order chi connectivity index (χ1) is 11.8. The molecule has 1 fully saturated rings. The molecule has 7 heteroatoms. The van der Waals surface area contributed by atoms with Gasteiger partial charge in [-0.05, 0) is 63.2 Å². The van der Waals surface area contributed by atoms with Crippen molar-refractivity contribution in [2.45, 2.75) is 46.4 Å². The molecule has 0 unspecified atom stereocenters. The standard InChI is InChI=1S/C18H24ClN3O2S/c1-12(2)24-18(23)22-6-5-21(9-13(22)3)10-15-7-16(19)8-17(14(15)4)20-11-25/h7-8,12-13H,5-6,9-10H2,1-4H3/t13-/m0/s1. The Kier molecular flexibility index (Phi) is 6.96. The van der Waals surface area contributed by atoms with E-state index < -0.39 is 0 Å². The van der Waals surface area contributed by atoms with Crippen molar-refractivity contribution in [2.24, 2.45) is 4.99 Å². The predicted molar refractivity (Wildman–Crippen MR) is 104 cm³/mol. The molecule has 2 rings (SSSR count). The molecule has 0 aromatic heterocycles. The zero-order valence-corrected chi connectivity index (χ0v) is 16.7. The quantitative estimate of drug-likeness (QED) is 0.571. The summed E-state index contributed by atoms with van der Waals surface area (Å²) in [6, 6.07) is 3.85. The Morgan fingerprint density at radius 2 is 2.20 bits per heavy atom. The van der Waals surface area contributed by atoms with Gasteiger partial charge in [-0.2, -0.15) is 4.99 Å². The highest BCUT2D eigenvalue weighted by atomic mass is 35.5. The number of rotatable bonds is 4. The number of benzene rings is 1. The van der Waals surface area contributed by atoms with Crippen molar-refractivity contribution in [1.82, 2.24) is 9.80 Å². The third kappa shape index (κ3) is 5.25. The van der Waals surface area contributed by atoms with Crippen molar-refractivity contribution in [2.75, 3.05) is 19.6 Å². The van der Waals surface area contributed by atoms with E-state index in [2.05, 4.69) is 15.1 Å². The number of ether oxygens (including phenoxy) is 1. The van der Waals surface area contributed by atoms with Crippen LogP contribution in [0.1, 0.15) is 31.9 Å². The number of nitrogens with zero attached hydrogens (tertiary/aromatic N) is 3. The number of aliphatic imine (C=N–C) groups is 1. The van der Waals surface area contributed by atoms with E-state index in [9.17, 15) is 4.79 Å². The van der Waals surface area contributed by atoms with E-state index in [1.807, 2.05) is 33.8 Å². The van der Waals surface area contributed by atoms with Gasteiger partial charge in [-0.15, -0.1) is 0 Å². The largest absolute Gasteiger partial charge is 0.447 e. The summed E-state index contributed by atoms with van der Waals surface area (Å²) in [6.45, 7) is 10.8. The van der Waals surface area contributed by atoms with Crippen LogP contribution in [0.4, 0.5) is 10.5 Å². The maximum atomic E-state index is 12.1. The fraction of sp³-hybridized carbons (Fsp3) is 0.556. The molecule has 136 valence electrons. The Morgan fingerprint density at radius 1 is 1.48 bits per heavy atom. The van der Waals surface area contributed by atoms with Crippen LogP contribution in [0.25, 0.3) is 0 Å². The number of amides is 1. The first-order valence-electron chi connectivity index (χ1n) is 8.38. The highest BCUT2D eigenvalue weighted by Gasteiger charge is 2.29. The van der Waals surface area contributed by atoms with Gasteiger partial charge in [0.25, 0.3) is 0 Å². The molecular formula is C18H24ClN3O2S. The van der Waals surface area contributed by atoms with Crippen molar-refractivity contribution in [3.63, 3.8) is 0 Å². The number of hydrogen-bond donors (Lipinski definition) is 0. The van der Waals surface area contributed by atoms with E-state index in [-0.39, 0.29) is 18.2 Å². The number of carbonyl (C=O) groups excluding carboxylic acids is 1. The van der Waals surface area contributed by atoms with E-state index in [0.29, 0.717) is 11.6 Å². The van der Waals surface area contributed by atoms with Gasteiger partial charge in [0, 0.05) is 37.2 Å². The highest BCUT2D eigenvalue weighted by Crippen LogP contribution is 2.28. The summed E-state index contributed by atoms with van der Waals surface area (Å²) >= 11 is 10.9. The van der Waals surface area contributed by atoms with Crippen LogP contribution in [0.15, 0.2) is 17.1 Å². The molecule has 0 aliphatic carbocycles. The van der Waals surface area contributed by atoms with E-state index in [0.717, 1.165) is 36.4 Å². The van der Waals surface area contributed by atoms with Crippen molar-refractivity contribution < 1.29 is 9.53 Å². The van der Waals surface area contributed by atoms with Crippen molar-refractivity contribution in [1.29, 1.82) is 0 Å². The number of halogens is 1. The molecule has 1 saturated heterocycles. The minimum absolute atomic E-state index is 0.0953. The number of hydrogen-bond acceptors (Lipinski definition) is 5. The lowest BCUT2D eigenvalue weighted by atomic mass is 10.1. The molecule has 1 aliphatic heterocycles. The molecule has 25 heavy (non-hydrogen) atoms. The fourth-order valence-electron chi connectivity index (χ4n) is 3.01. The average molecular weight is 382 g/mol. The van der Waals surface area contributed by atoms with Crippen LogP contribution in [0.5, 0.6) is 0 Å². The van der Waals surface area contributed by atoms with Crippen LogP contribution in [0, 0.1) is 6.92 Å². The molecule has 1 amide bonds. The summed E-state index contributed by atoms with van der Waals surface area (Å²) in [5.74, 6) is 0. The molecule has 1 aliphatic rings. The molecule has 1 aromatic carbocycles. The Balaban J connectivity index is 2.06. The lowest BCUT2D eigenvalue weighted by Crippen LogP contribution is -2.54. The van der Waals surface area contributed by atoms with E-state index in [4.69, 9.17) is 28.6 Å². The zero-order valence-electron chi connectivity index (χ0n) is 15.1. The van der Waals surface area contributed by atoms with Crippen LogP contribution < -0.4 is 0 Å². The Morgan fingerprint density at radius 3 is 2.80 bits per heavy atom. The van der Waals surface area contributed by atoms with Gasteiger partial charge in [0.05, 0.1) is 17.0 Å². The minimum Gasteiger partial charge on any atom is -0.447 e. The summed E-state index contributed by atoms with van der Waals surface area (Å²) in [4.78, 5) is 20.3. The second kappa shape index (κ2) is 8.77. The van der Waals surface area contributed by atoms with E-state index in [1.165, 1.54) is 0 Å². The van der Waals surface area contributed by atoms with Crippen LogP contribution in [-0.4, -0.2) is 52.8 Å². The Hall–Kier alpha value is -1.46. The van der Waals surface area contributed by atoms with Crippen LogP contribution in [0.3, 0.4) is 0 Å². The van der Waals surface area contributed by atoms with Gasteiger partial charge in [-0.3, -0.25) is 4.90 Å². The number of thiocarbonyl (C=S) groups is 1. The van der Waals surface area contributed by atoms with Gasteiger partial charge in [0.15, 0.2) is 0 Å². The van der Waals surface area contributed by atoms with E-state index in [1.54, 1.807) is 11.0 Å². The first-order valence-corrected chi connectivity index (χ1v) is 9.17. The molecule has 0 bridgehead atoms. The third-order valence-electron chi connectivity index (χ3n) is 4.30. The minimum atomic E-state index is -0.237. The Bertz CT molecular complexity index is 689. The molecule has 0 saturated carbocycles. The monoisotopic (exact) mass is 381 g/mol. The van der Waals surface area contributed by atoms with Crippen LogP contribution in [-0.2, 0) is 11.3 Å². The van der Waals surface area contributed by atoms with E-state index >= 15 is 0 Å². The first kappa shape index (κ1) is 19.9. The van der Waals surface area contributed by atoms with Crippen molar-refractivity contribution in [3.05, 3.63) is 28.3 Å². The molecule has 1 aromatic rings. The number of carbonyl (C=O) groups is 1. The molecule has 0 radical (unpaired) electrons. The zero-order chi connectivity index (χ0) is 18.6. The van der Waals surface area contributed by atoms with Gasteiger partial charge >= 0.3 is 6.09 Å². The maximum absolute atomic E-state index is 12.1. The van der Waals surface area contributed by atoms with Crippen LogP contribution >= 0.6 is 23.8 Å². The molecule has 0 N–H and O–H groups in total. The van der Waals surface area contributed by atoms with Crippen LogP contribution in [0.2, 0.25) is 5.02 Å². The summed E-state index contributed by atoms with van der Waals surface area (Å²) in [7, 11) is 0. The van der Waals surface area contributed by atoms with Gasteiger partial charge in [-0.1, -0.05) is 11.6 Å². The van der Waals surface area contributed by atoms with Crippen molar-refractivity contribution in [3.8, 4) is 0 Å². The Labute approximate surface area is 159 Å². The summed E-state index contributed by atoms with van der Waals surface area (Å²) in [5.41, 5.74) is 2.92. The second-order valence-corrected chi connectivity index (χ2v) is 7.24. The highest BCUT2D eigenvalue weighted by molar-refractivity contribution is 7.78. The maximum Gasteiger partial charge on any atom is 0.410 e. The fourth-order valence-corrected chi connectivity index (χ4v) is 3.34. The van der Waals surface area contributed by atoms with Gasteiger partial charge in [-0.25, -0.2) is 4.79 Å². The van der Waals surface area contributed by atoms with Crippen molar-refractivity contribution >= 4 is 40.8 Å². The molecular weight excluding hydrogens is 358 g/mol. The van der Waals surface area contributed by atoms with Gasteiger partial charge in [0.2, 0.25) is 0 Å². The second-order valence-electron chi connectivity index (χ2n) is 6.62. The molecule has 0 spiro atoms. The predicted octanol–water partition coefficient (Wildman–Crippen LogP) is 4.43.